The van der Waals surface area contributed by atoms with Gasteiger partial charge >= 0.3 is 0 Å². The molecule has 0 aliphatic heterocycles. The Morgan fingerprint density at radius 2 is 1.91 bits per heavy atom. The molecule has 1 unspecified atom stereocenters. The Balaban J connectivity index is 4.03. The van der Waals surface area contributed by atoms with Gasteiger partial charge in [0.25, 0.3) is 0 Å². The maximum absolute atomic E-state index is 9.28. The lowest BCUT2D eigenvalue weighted by Crippen LogP contribution is -2.32. The fourth-order valence-corrected chi connectivity index (χ4v) is 0.964. The van der Waals surface area contributed by atoms with Gasteiger partial charge in [0.15, 0.2) is 0 Å². The molecule has 0 fully saturated rings. The summed E-state index contributed by atoms with van der Waals surface area (Å²) in [5.74, 6) is -0.426. The van der Waals surface area contributed by atoms with Crippen LogP contribution >= 0.6 is 0 Å². The van der Waals surface area contributed by atoms with Crippen LogP contribution in [-0.2, 0) is 0 Å². The SMILES string of the molecule is C=CC([C@H](O)CO)[C@@H](O)CC. The third-order valence-electron chi connectivity index (χ3n) is 1.77. The van der Waals surface area contributed by atoms with Gasteiger partial charge in [-0.15, -0.1) is 6.58 Å². The highest BCUT2D eigenvalue weighted by Crippen LogP contribution is 2.13. The molecule has 3 heteroatoms. The lowest BCUT2D eigenvalue weighted by molar-refractivity contribution is 0.00375. The lowest BCUT2D eigenvalue weighted by Gasteiger charge is -2.21. The quantitative estimate of drug-likeness (QED) is 0.493. The molecule has 0 saturated carbocycles. The predicted molar refractivity (Wildman–Crippen MR) is 43.1 cm³/mol. The van der Waals surface area contributed by atoms with E-state index in [4.69, 9.17) is 10.2 Å². The van der Waals surface area contributed by atoms with Gasteiger partial charge in [-0.25, -0.2) is 0 Å². The minimum atomic E-state index is -0.901. The van der Waals surface area contributed by atoms with Gasteiger partial charge in [0.1, 0.15) is 0 Å². The molecule has 0 aromatic heterocycles. The minimum absolute atomic E-state index is 0.340. The molecule has 3 N–H and O–H groups in total. The molecular formula is C8H16O3. The molecule has 0 rings (SSSR count). The van der Waals surface area contributed by atoms with Gasteiger partial charge in [-0.2, -0.15) is 0 Å². The van der Waals surface area contributed by atoms with Crippen molar-refractivity contribution in [1.29, 1.82) is 0 Å². The van der Waals surface area contributed by atoms with Gasteiger partial charge in [-0.3, -0.25) is 0 Å². The van der Waals surface area contributed by atoms with Gasteiger partial charge in [-0.1, -0.05) is 13.0 Å². The van der Waals surface area contributed by atoms with Crippen LogP contribution in [0.1, 0.15) is 13.3 Å². The van der Waals surface area contributed by atoms with Gasteiger partial charge in [0.05, 0.1) is 18.8 Å². The number of rotatable bonds is 5. The maximum Gasteiger partial charge on any atom is 0.0858 e. The van der Waals surface area contributed by atoms with Crippen molar-refractivity contribution >= 4 is 0 Å². The molecule has 3 nitrogen and oxygen atoms in total. The van der Waals surface area contributed by atoms with Crippen LogP contribution in [0.4, 0.5) is 0 Å². The van der Waals surface area contributed by atoms with Crippen LogP contribution in [0.3, 0.4) is 0 Å². The van der Waals surface area contributed by atoms with Gasteiger partial charge in [-0.05, 0) is 6.42 Å². The van der Waals surface area contributed by atoms with Crippen LogP contribution in [-0.4, -0.2) is 34.1 Å². The summed E-state index contributed by atoms with van der Waals surface area (Å²) in [6.45, 7) is 4.94. The normalized spacial score (nSPS) is 18.9. The average molecular weight is 160 g/mol. The highest BCUT2D eigenvalue weighted by molar-refractivity contribution is 4.88. The first kappa shape index (κ1) is 10.6. The Bertz CT molecular complexity index is 104. The molecule has 3 atom stereocenters. The summed E-state index contributed by atoms with van der Waals surface area (Å²) >= 11 is 0. The fourth-order valence-electron chi connectivity index (χ4n) is 0.964. The van der Waals surface area contributed by atoms with Crippen molar-refractivity contribution in [2.75, 3.05) is 6.61 Å². The second kappa shape index (κ2) is 5.29. The second-order valence-electron chi connectivity index (χ2n) is 2.54. The minimum Gasteiger partial charge on any atom is -0.394 e. The van der Waals surface area contributed by atoms with E-state index in [9.17, 15) is 5.11 Å². The molecule has 0 bridgehead atoms. The zero-order valence-electron chi connectivity index (χ0n) is 6.77. The van der Waals surface area contributed by atoms with E-state index in [-0.39, 0.29) is 6.61 Å². The van der Waals surface area contributed by atoms with Crippen molar-refractivity contribution in [2.45, 2.75) is 25.6 Å². The van der Waals surface area contributed by atoms with Gasteiger partial charge in [0, 0.05) is 5.92 Å². The topological polar surface area (TPSA) is 60.7 Å². The average Bonchev–Trinajstić information content (AvgIpc) is 2.05. The highest BCUT2D eigenvalue weighted by atomic mass is 16.3. The smallest absolute Gasteiger partial charge is 0.0858 e. The zero-order chi connectivity index (χ0) is 8.85. The van der Waals surface area contributed by atoms with E-state index in [1.807, 2.05) is 6.92 Å². The number of aliphatic hydroxyl groups excluding tert-OH is 3. The van der Waals surface area contributed by atoms with E-state index in [2.05, 4.69) is 6.58 Å². The second-order valence-corrected chi connectivity index (χ2v) is 2.54. The third kappa shape index (κ3) is 3.01. The van der Waals surface area contributed by atoms with E-state index in [1.165, 1.54) is 6.08 Å². The van der Waals surface area contributed by atoms with Crippen LogP contribution in [0, 0.1) is 5.92 Å². The van der Waals surface area contributed by atoms with E-state index >= 15 is 0 Å². The largest absolute Gasteiger partial charge is 0.394 e. The van der Waals surface area contributed by atoms with E-state index in [0.717, 1.165) is 0 Å². The lowest BCUT2D eigenvalue weighted by atomic mass is 9.95. The third-order valence-corrected chi connectivity index (χ3v) is 1.77. The van der Waals surface area contributed by atoms with Crippen molar-refractivity contribution < 1.29 is 15.3 Å². The van der Waals surface area contributed by atoms with Gasteiger partial charge in [0.2, 0.25) is 0 Å². The summed E-state index contributed by atoms with van der Waals surface area (Å²) in [4.78, 5) is 0. The molecule has 0 saturated heterocycles. The molecule has 0 aliphatic rings. The van der Waals surface area contributed by atoms with Crippen molar-refractivity contribution in [3.05, 3.63) is 12.7 Å². The molecule has 0 aromatic rings. The standard InChI is InChI=1S/C8H16O3/c1-3-6(7(10)4-2)8(11)5-9/h3,6-11H,1,4-5H2,2H3/t6?,7-,8+/m0/s1. The predicted octanol–water partition coefficient (Wildman–Crippen LogP) is -0.0873. The summed E-state index contributed by atoms with van der Waals surface area (Å²) in [5.41, 5.74) is 0. The van der Waals surface area contributed by atoms with Crippen molar-refractivity contribution in [3.8, 4) is 0 Å². The van der Waals surface area contributed by atoms with Crippen LogP contribution < -0.4 is 0 Å². The molecule has 11 heavy (non-hydrogen) atoms. The van der Waals surface area contributed by atoms with Gasteiger partial charge < -0.3 is 15.3 Å². The number of aliphatic hydroxyl groups is 3. The molecule has 0 heterocycles. The van der Waals surface area contributed by atoms with E-state index < -0.39 is 18.1 Å². The van der Waals surface area contributed by atoms with Crippen molar-refractivity contribution in [3.63, 3.8) is 0 Å². The molecular weight excluding hydrogens is 144 g/mol. The maximum atomic E-state index is 9.28. The number of hydrogen-bond acceptors (Lipinski definition) is 3. The first-order chi connectivity index (χ1) is 5.17. The Labute approximate surface area is 67.0 Å². The van der Waals surface area contributed by atoms with E-state index in [1.54, 1.807) is 0 Å². The molecule has 66 valence electrons. The van der Waals surface area contributed by atoms with E-state index in [0.29, 0.717) is 6.42 Å². The Morgan fingerprint density at radius 1 is 1.36 bits per heavy atom. The summed E-state index contributed by atoms with van der Waals surface area (Å²) < 4.78 is 0. The van der Waals surface area contributed by atoms with Crippen molar-refractivity contribution in [1.82, 2.24) is 0 Å². The summed E-state index contributed by atoms with van der Waals surface area (Å²) in [5, 5.41) is 27.0. The summed E-state index contributed by atoms with van der Waals surface area (Å²) in [6, 6.07) is 0. The Kier molecular flexibility index (Phi) is 5.11. The van der Waals surface area contributed by atoms with Crippen LogP contribution in [0.25, 0.3) is 0 Å². The highest BCUT2D eigenvalue weighted by Gasteiger charge is 2.21. The Hall–Kier alpha value is -0.380. The Morgan fingerprint density at radius 3 is 2.18 bits per heavy atom. The summed E-state index contributed by atoms with van der Waals surface area (Å²) in [7, 11) is 0. The van der Waals surface area contributed by atoms with Crippen LogP contribution in [0.2, 0.25) is 0 Å². The van der Waals surface area contributed by atoms with Crippen LogP contribution in [0.15, 0.2) is 12.7 Å². The molecule has 0 spiro atoms. The molecule has 0 aliphatic carbocycles. The van der Waals surface area contributed by atoms with Crippen LogP contribution in [0.5, 0.6) is 0 Å². The fraction of sp³-hybridized carbons (Fsp3) is 0.750. The molecule has 0 aromatic carbocycles. The molecule has 0 radical (unpaired) electrons. The number of hydrogen-bond donors (Lipinski definition) is 3. The van der Waals surface area contributed by atoms with Crippen molar-refractivity contribution in [2.24, 2.45) is 5.92 Å². The zero-order valence-corrected chi connectivity index (χ0v) is 6.77. The first-order valence-electron chi connectivity index (χ1n) is 3.76. The first-order valence-corrected chi connectivity index (χ1v) is 3.76. The molecule has 0 amide bonds. The summed E-state index contributed by atoms with van der Waals surface area (Å²) in [6.07, 6.45) is 0.500. The monoisotopic (exact) mass is 160 g/mol.